The van der Waals surface area contributed by atoms with E-state index in [-0.39, 0.29) is 12.3 Å². The number of aromatic nitrogens is 2. The Morgan fingerprint density at radius 1 is 1.53 bits per heavy atom. The number of pyridine rings is 1. The van der Waals surface area contributed by atoms with Crippen LogP contribution < -0.4 is 0 Å². The van der Waals surface area contributed by atoms with Crippen molar-refractivity contribution in [2.75, 3.05) is 0 Å². The lowest BCUT2D eigenvalue weighted by atomic mass is 10.2. The molecule has 2 aromatic rings. The minimum atomic E-state index is -0.844. The third kappa shape index (κ3) is 2.02. The van der Waals surface area contributed by atoms with Gasteiger partial charge in [0, 0.05) is 12.1 Å². The van der Waals surface area contributed by atoms with Crippen molar-refractivity contribution < 1.29 is 9.90 Å². The number of hydrogen-bond acceptors (Lipinski definition) is 2. The quantitative estimate of drug-likeness (QED) is 0.884. The first-order valence-corrected chi connectivity index (χ1v) is 5.69. The van der Waals surface area contributed by atoms with Crippen molar-refractivity contribution in [3.8, 4) is 0 Å². The number of carboxylic acid groups (broad SMARTS) is 1. The van der Waals surface area contributed by atoms with Crippen molar-refractivity contribution in [2.45, 2.75) is 33.1 Å². The Bertz CT molecular complexity index is 570. The predicted octanol–water partition coefficient (Wildman–Crippen LogP) is 2.39. The van der Waals surface area contributed by atoms with E-state index in [2.05, 4.69) is 18.8 Å². The molecule has 4 heteroatoms. The molecule has 0 aliphatic heterocycles. The van der Waals surface area contributed by atoms with E-state index in [1.807, 2.05) is 29.7 Å². The summed E-state index contributed by atoms with van der Waals surface area (Å²) < 4.78 is 2.00. The van der Waals surface area contributed by atoms with Crippen LogP contribution in [0.5, 0.6) is 0 Å². The van der Waals surface area contributed by atoms with Gasteiger partial charge in [0.1, 0.15) is 5.82 Å². The SMILES string of the molecule is Cc1cccn2c(C(C)C)nc(CC(=O)O)c12. The zero-order chi connectivity index (χ0) is 12.6. The lowest BCUT2D eigenvalue weighted by Gasteiger charge is -2.04. The third-order valence-electron chi connectivity index (χ3n) is 2.80. The fraction of sp³-hybridized carbons (Fsp3) is 0.385. The number of aliphatic carboxylic acids is 1. The van der Waals surface area contributed by atoms with Crippen LogP contribution in [0.1, 0.15) is 36.8 Å². The van der Waals surface area contributed by atoms with Gasteiger partial charge in [0.15, 0.2) is 0 Å². The van der Waals surface area contributed by atoms with Crippen LogP contribution in [0.4, 0.5) is 0 Å². The van der Waals surface area contributed by atoms with Gasteiger partial charge in [-0.2, -0.15) is 0 Å². The number of hydrogen-bond donors (Lipinski definition) is 1. The van der Waals surface area contributed by atoms with Crippen LogP contribution in [0, 0.1) is 6.92 Å². The van der Waals surface area contributed by atoms with E-state index in [4.69, 9.17) is 5.11 Å². The van der Waals surface area contributed by atoms with Gasteiger partial charge < -0.3 is 9.51 Å². The molecule has 17 heavy (non-hydrogen) atoms. The second-order valence-corrected chi connectivity index (χ2v) is 4.55. The zero-order valence-electron chi connectivity index (χ0n) is 10.3. The van der Waals surface area contributed by atoms with E-state index in [1.165, 1.54) is 0 Å². The molecule has 0 fully saturated rings. The van der Waals surface area contributed by atoms with Crippen LogP contribution in [-0.2, 0) is 11.2 Å². The predicted molar refractivity (Wildman–Crippen MR) is 65.4 cm³/mol. The monoisotopic (exact) mass is 232 g/mol. The van der Waals surface area contributed by atoms with Crippen molar-refractivity contribution in [3.63, 3.8) is 0 Å². The second kappa shape index (κ2) is 4.20. The molecule has 1 N–H and O–H groups in total. The lowest BCUT2D eigenvalue weighted by Crippen LogP contribution is -2.01. The van der Waals surface area contributed by atoms with E-state index in [0.717, 1.165) is 16.9 Å². The number of nitrogens with zero attached hydrogens (tertiary/aromatic N) is 2. The van der Waals surface area contributed by atoms with Gasteiger partial charge in [0.05, 0.1) is 17.6 Å². The molecule has 2 rings (SSSR count). The van der Waals surface area contributed by atoms with E-state index in [1.54, 1.807) is 0 Å². The zero-order valence-corrected chi connectivity index (χ0v) is 10.3. The Balaban J connectivity index is 2.71. The largest absolute Gasteiger partial charge is 0.481 e. The summed E-state index contributed by atoms with van der Waals surface area (Å²) in [6.45, 7) is 6.09. The van der Waals surface area contributed by atoms with Crippen LogP contribution >= 0.6 is 0 Å². The number of rotatable bonds is 3. The molecule has 0 bridgehead atoms. The summed E-state index contributed by atoms with van der Waals surface area (Å²) in [5, 5.41) is 8.92. The van der Waals surface area contributed by atoms with Crippen molar-refractivity contribution in [1.82, 2.24) is 9.38 Å². The summed E-state index contributed by atoms with van der Waals surface area (Å²) in [5.41, 5.74) is 2.64. The van der Waals surface area contributed by atoms with Crippen LogP contribution in [0.2, 0.25) is 0 Å². The van der Waals surface area contributed by atoms with Crippen LogP contribution in [0.3, 0.4) is 0 Å². The van der Waals surface area contributed by atoms with Crippen LogP contribution in [-0.4, -0.2) is 20.5 Å². The third-order valence-corrected chi connectivity index (χ3v) is 2.80. The maximum atomic E-state index is 10.9. The smallest absolute Gasteiger partial charge is 0.309 e. The Morgan fingerprint density at radius 3 is 2.82 bits per heavy atom. The molecule has 2 heterocycles. The Labute approximate surface area is 99.9 Å². The number of imidazole rings is 1. The molecule has 0 aliphatic carbocycles. The fourth-order valence-corrected chi connectivity index (χ4v) is 2.09. The topological polar surface area (TPSA) is 54.6 Å². The fourth-order valence-electron chi connectivity index (χ4n) is 2.09. The second-order valence-electron chi connectivity index (χ2n) is 4.55. The van der Waals surface area contributed by atoms with Crippen molar-refractivity contribution in [2.24, 2.45) is 0 Å². The normalized spacial score (nSPS) is 11.3. The highest BCUT2D eigenvalue weighted by Gasteiger charge is 2.16. The molecular formula is C13H16N2O2. The number of carboxylic acids is 1. The van der Waals surface area contributed by atoms with Gasteiger partial charge in [-0.3, -0.25) is 4.79 Å². The van der Waals surface area contributed by atoms with E-state index < -0.39 is 5.97 Å². The number of fused-ring (bicyclic) bond motifs is 1. The molecule has 0 saturated carbocycles. The van der Waals surface area contributed by atoms with Gasteiger partial charge in [-0.15, -0.1) is 0 Å². The van der Waals surface area contributed by atoms with Crippen molar-refractivity contribution in [1.29, 1.82) is 0 Å². The Hall–Kier alpha value is -1.84. The van der Waals surface area contributed by atoms with Crippen LogP contribution in [0.15, 0.2) is 18.3 Å². The van der Waals surface area contributed by atoms with Gasteiger partial charge in [-0.05, 0) is 18.6 Å². The van der Waals surface area contributed by atoms with Gasteiger partial charge in [-0.25, -0.2) is 4.98 Å². The highest BCUT2D eigenvalue weighted by atomic mass is 16.4. The average Bonchev–Trinajstić information content (AvgIpc) is 2.57. The first-order chi connectivity index (χ1) is 8.00. The van der Waals surface area contributed by atoms with E-state index in [0.29, 0.717) is 5.69 Å². The highest BCUT2D eigenvalue weighted by Crippen LogP contribution is 2.22. The Kier molecular flexibility index (Phi) is 2.88. The lowest BCUT2D eigenvalue weighted by molar-refractivity contribution is -0.136. The van der Waals surface area contributed by atoms with Crippen molar-refractivity contribution in [3.05, 3.63) is 35.4 Å². The first kappa shape index (κ1) is 11.6. The van der Waals surface area contributed by atoms with Gasteiger partial charge in [0.2, 0.25) is 0 Å². The molecular weight excluding hydrogens is 216 g/mol. The van der Waals surface area contributed by atoms with E-state index >= 15 is 0 Å². The number of carbonyl (C=O) groups is 1. The van der Waals surface area contributed by atoms with Gasteiger partial charge in [-0.1, -0.05) is 19.9 Å². The minimum Gasteiger partial charge on any atom is -0.481 e. The molecule has 0 atom stereocenters. The molecule has 0 unspecified atom stereocenters. The summed E-state index contributed by atoms with van der Waals surface area (Å²) in [4.78, 5) is 15.3. The van der Waals surface area contributed by atoms with E-state index in [9.17, 15) is 4.79 Å². The molecule has 90 valence electrons. The molecule has 0 amide bonds. The Morgan fingerprint density at radius 2 is 2.24 bits per heavy atom. The molecule has 0 spiro atoms. The first-order valence-electron chi connectivity index (χ1n) is 5.69. The number of aryl methyl sites for hydroxylation is 1. The average molecular weight is 232 g/mol. The maximum Gasteiger partial charge on any atom is 0.309 e. The van der Waals surface area contributed by atoms with Gasteiger partial charge in [0.25, 0.3) is 0 Å². The maximum absolute atomic E-state index is 10.9. The summed E-state index contributed by atoms with van der Waals surface area (Å²) in [7, 11) is 0. The molecule has 2 aromatic heterocycles. The highest BCUT2D eigenvalue weighted by molar-refractivity contribution is 5.74. The van der Waals surface area contributed by atoms with Crippen LogP contribution in [0.25, 0.3) is 5.52 Å². The summed E-state index contributed by atoms with van der Waals surface area (Å²) >= 11 is 0. The molecule has 0 saturated heterocycles. The molecule has 4 nitrogen and oxygen atoms in total. The summed E-state index contributed by atoms with van der Waals surface area (Å²) in [6, 6.07) is 3.94. The van der Waals surface area contributed by atoms with Crippen molar-refractivity contribution >= 4 is 11.5 Å². The standard InChI is InChI=1S/C13H16N2O2/c1-8(2)13-14-10(7-11(16)17)12-9(3)5-4-6-15(12)13/h4-6,8H,7H2,1-3H3,(H,16,17). The van der Waals surface area contributed by atoms with Gasteiger partial charge >= 0.3 is 5.97 Å². The summed E-state index contributed by atoms with van der Waals surface area (Å²) in [6.07, 6.45) is 1.91. The summed E-state index contributed by atoms with van der Waals surface area (Å²) in [5.74, 6) is 0.343. The molecule has 0 aromatic carbocycles. The minimum absolute atomic E-state index is 0.0267. The molecule has 0 aliphatic rings. The molecule has 0 radical (unpaired) electrons.